The third-order valence-electron chi connectivity index (χ3n) is 2.74. The number of ether oxygens (including phenoxy) is 1. The van der Waals surface area contributed by atoms with Crippen molar-refractivity contribution in [3.63, 3.8) is 0 Å². The van der Waals surface area contributed by atoms with Crippen LogP contribution in [-0.2, 0) is 14.3 Å². The highest BCUT2D eigenvalue weighted by atomic mass is 16.5. The van der Waals surface area contributed by atoms with E-state index in [2.05, 4.69) is 0 Å². The molecule has 0 heterocycles. The normalized spacial score (nSPS) is 15.3. The van der Waals surface area contributed by atoms with Gasteiger partial charge in [0, 0.05) is 6.42 Å². The summed E-state index contributed by atoms with van der Waals surface area (Å²) in [4.78, 5) is 21.0. The molecule has 1 N–H and O–H groups in total. The van der Waals surface area contributed by atoms with Crippen molar-refractivity contribution in [3.8, 4) is 0 Å². The number of esters is 1. The molecule has 0 fully saturated rings. The Morgan fingerprint density at radius 2 is 1.60 bits per heavy atom. The van der Waals surface area contributed by atoms with Crippen LogP contribution >= 0.6 is 0 Å². The highest BCUT2D eigenvalue weighted by Crippen LogP contribution is 2.11. The third-order valence-corrected chi connectivity index (χ3v) is 2.74. The number of aliphatic carboxylic acids is 1. The summed E-state index contributed by atoms with van der Waals surface area (Å²) < 4.78 is 4.91. The van der Waals surface area contributed by atoms with E-state index in [4.69, 9.17) is 9.84 Å². The molecule has 0 aromatic heterocycles. The molecule has 0 aliphatic heterocycles. The Balaban J connectivity index is 0. The van der Waals surface area contributed by atoms with E-state index in [0.29, 0.717) is 6.42 Å². The Morgan fingerprint density at radius 3 is 1.95 bits per heavy atom. The largest absolute Gasteiger partial charge is 0.481 e. The predicted molar refractivity (Wildman–Crippen MR) is 81.4 cm³/mol. The molecule has 0 radical (unpaired) electrons. The molecule has 0 saturated carbocycles. The highest BCUT2D eigenvalue weighted by molar-refractivity contribution is 5.70. The lowest BCUT2D eigenvalue weighted by atomic mass is 9.96. The molecule has 4 nitrogen and oxygen atoms in total. The summed E-state index contributed by atoms with van der Waals surface area (Å²) in [7, 11) is 0. The molecular formula is C16H28O4. The summed E-state index contributed by atoms with van der Waals surface area (Å²) in [5, 5.41) is 8.55. The zero-order valence-corrected chi connectivity index (χ0v) is 13.4. The van der Waals surface area contributed by atoms with Crippen molar-refractivity contribution in [2.75, 3.05) is 0 Å². The van der Waals surface area contributed by atoms with Gasteiger partial charge in [-0.25, -0.2) is 0 Å². The number of carbonyl (C=O) groups is 2. The molecule has 0 aliphatic carbocycles. The van der Waals surface area contributed by atoms with Crippen LogP contribution in [0.25, 0.3) is 0 Å². The zero-order valence-electron chi connectivity index (χ0n) is 13.4. The molecule has 0 aromatic carbocycles. The minimum Gasteiger partial charge on any atom is -0.481 e. The van der Waals surface area contributed by atoms with Crippen molar-refractivity contribution >= 4 is 11.9 Å². The van der Waals surface area contributed by atoms with Gasteiger partial charge in [0.15, 0.2) is 0 Å². The van der Waals surface area contributed by atoms with E-state index < -0.39 is 5.97 Å². The Labute approximate surface area is 122 Å². The molecule has 0 aromatic rings. The van der Waals surface area contributed by atoms with E-state index in [1.54, 1.807) is 13.8 Å². The highest BCUT2D eigenvalue weighted by Gasteiger charge is 2.15. The lowest BCUT2D eigenvalue weighted by Gasteiger charge is -2.09. The quantitative estimate of drug-likeness (QED) is 0.595. The summed E-state index contributed by atoms with van der Waals surface area (Å²) in [5.41, 5.74) is 0. The lowest BCUT2D eigenvalue weighted by molar-refractivity contribution is -0.146. The number of hydrogen-bond acceptors (Lipinski definition) is 3. The van der Waals surface area contributed by atoms with Gasteiger partial charge in [-0.15, -0.1) is 0 Å². The van der Waals surface area contributed by atoms with Gasteiger partial charge in [-0.3, -0.25) is 9.59 Å². The second-order valence-corrected chi connectivity index (χ2v) is 4.59. The third kappa shape index (κ3) is 11.5. The van der Waals surface area contributed by atoms with E-state index in [1.807, 2.05) is 52.0 Å². The maximum absolute atomic E-state index is 10.6. The molecule has 4 heteroatoms. The fourth-order valence-corrected chi connectivity index (χ4v) is 1.30. The maximum atomic E-state index is 10.6. The van der Waals surface area contributed by atoms with Gasteiger partial charge in [-0.05, 0) is 32.8 Å². The van der Waals surface area contributed by atoms with E-state index in [-0.39, 0.29) is 23.9 Å². The van der Waals surface area contributed by atoms with E-state index in [1.165, 1.54) is 0 Å². The fraction of sp³-hybridized carbons (Fsp3) is 0.625. The van der Waals surface area contributed by atoms with E-state index in [9.17, 15) is 9.59 Å². The molecule has 3 unspecified atom stereocenters. The Hall–Kier alpha value is -1.58. The van der Waals surface area contributed by atoms with Gasteiger partial charge in [-0.2, -0.15) is 0 Å². The number of allylic oxidation sites excluding steroid dienone is 3. The van der Waals surface area contributed by atoms with Gasteiger partial charge in [0.25, 0.3) is 0 Å². The average Bonchev–Trinajstić information content (AvgIpc) is 2.38. The van der Waals surface area contributed by atoms with Gasteiger partial charge in [0.05, 0.1) is 5.92 Å². The van der Waals surface area contributed by atoms with Gasteiger partial charge >= 0.3 is 11.9 Å². The van der Waals surface area contributed by atoms with Crippen molar-refractivity contribution in [3.05, 3.63) is 24.3 Å². The van der Waals surface area contributed by atoms with Crippen molar-refractivity contribution in [2.24, 2.45) is 11.8 Å². The topological polar surface area (TPSA) is 63.6 Å². The Kier molecular flexibility index (Phi) is 12.9. The van der Waals surface area contributed by atoms with Crippen LogP contribution in [0.4, 0.5) is 0 Å². The van der Waals surface area contributed by atoms with Crippen LogP contribution in [0.5, 0.6) is 0 Å². The first kappa shape index (κ1) is 20.7. The Bertz CT molecular complexity index is 329. The molecule has 20 heavy (non-hydrogen) atoms. The number of carbonyl (C=O) groups excluding carboxylic acids is 1. The molecule has 0 bridgehead atoms. The second-order valence-electron chi connectivity index (χ2n) is 4.59. The average molecular weight is 284 g/mol. The minimum absolute atomic E-state index is 0.0857. The van der Waals surface area contributed by atoms with Gasteiger partial charge in [0.1, 0.15) is 6.10 Å². The van der Waals surface area contributed by atoms with Crippen molar-refractivity contribution < 1.29 is 19.4 Å². The molecule has 0 saturated heterocycles. The van der Waals surface area contributed by atoms with Gasteiger partial charge in [0.2, 0.25) is 0 Å². The van der Waals surface area contributed by atoms with Gasteiger partial charge < -0.3 is 9.84 Å². The molecule has 116 valence electrons. The first-order chi connectivity index (χ1) is 9.29. The molecule has 0 spiro atoms. The van der Waals surface area contributed by atoms with Crippen LogP contribution < -0.4 is 0 Å². The number of carboxylic acids is 1. The SMILES string of the molecule is C/C=C/C(C)C(C)C(=O)O.C/C=C/C(C)OC(=O)CC. The van der Waals surface area contributed by atoms with Crippen LogP contribution in [0, 0.1) is 11.8 Å². The molecule has 0 aliphatic rings. The van der Waals surface area contributed by atoms with E-state index in [0.717, 1.165) is 0 Å². The standard InChI is InChI=1S/2C8H14O2/c1-4-5-6(2)7(3)8(9)10;1-4-6-7(3)10-8(9)5-2/h4-7H,1-3H3,(H,9,10);4,6-7H,5H2,1-3H3/b5-4+;6-4+. The first-order valence-corrected chi connectivity index (χ1v) is 6.97. The van der Waals surface area contributed by atoms with Crippen molar-refractivity contribution in [2.45, 2.75) is 54.1 Å². The van der Waals surface area contributed by atoms with Gasteiger partial charge in [-0.1, -0.05) is 39.0 Å². The van der Waals surface area contributed by atoms with Crippen LogP contribution in [0.3, 0.4) is 0 Å². The lowest BCUT2D eigenvalue weighted by Crippen LogP contribution is -2.16. The summed E-state index contributed by atoms with van der Waals surface area (Å²) in [6, 6.07) is 0. The fourth-order valence-electron chi connectivity index (χ4n) is 1.30. The first-order valence-electron chi connectivity index (χ1n) is 6.97. The van der Waals surface area contributed by atoms with Crippen molar-refractivity contribution in [1.82, 2.24) is 0 Å². The predicted octanol–water partition coefficient (Wildman–Crippen LogP) is 3.82. The molecule has 3 atom stereocenters. The smallest absolute Gasteiger partial charge is 0.306 e. The maximum Gasteiger partial charge on any atom is 0.306 e. The summed E-state index contributed by atoms with van der Waals surface area (Å²) in [6.07, 6.45) is 7.85. The monoisotopic (exact) mass is 284 g/mol. The number of hydrogen-bond donors (Lipinski definition) is 1. The number of carboxylic acid groups (broad SMARTS) is 1. The number of rotatable bonds is 6. The van der Waals surface area contributed by atoms with Crippen molar-refractivity contribution in [1.29, 1.82) is 0 Å². The van der Waals surface area contributed by atoms with Crippen LogP contribution in [0.1, 0.15) is 48.0 Å². The van der Waals surface area contributed by atoms with Crippen LogP contribution in [0.2, 0.25) is 0 Å². The zero-order chi connectivity index (χ0) is 16.1. The van der Waals surface area contributed by atoms with Crippen LogP contribution in [0.15, 0.2) is 24.3 Å². The minimum atomic E-state index is -0.731. The summed E-state index contributed by atoms with van der Waals surface area (Å²) in [6.45, 7) is 11.0. The Morgan fingerprint density at radius 1 is 1.10 bits per heavy atom. The summed E-state index contributed by atoms with van der Waals surface area (Å²) >= 11 is 0. The van der Waals surface area contributed by atoms with Crippen LogP contribution in [-0.4, -0.2) is 23.1 Å². The molecule has 0 amide bonds. The second kappa shape index (κ2) is 12.5. The van der Waals surface area contributed by atoms with E-state index >= 15 is 0 Å². The summed E-state index contributed by atoms with van der Waals surface area (Å²) in [5.74, 6) is -1.03. The molecule has 0 rings (SSSR count). The molecular weight excluding hydrogens is 256 g/mol.